The molecule has 1 aromatic heterocycles. The van der Waals surface area contributed by atoms with Gasteiger partial charge in [0, 0.05) is 16.5 Å². The van der Waals surface area contributed by atoms with Crippen molar-refractivity contribution in [1.82, 2.24) is 10.3 Å². The van der Waals surface area contributed by atoms with Gasteiger partial charge in [0.2, 0.25) is 0 Å². The topological polar surface area (TPSA) is 62.2 Å². The van der Waals surface area contributed by atoms with Gasteiger partial charge in [-0.25, -0.2) is 4.98 Å². The predicted octanol–water partition coefficient (Wildman–Crippen LogP) is 3.14. The normalized spacial score (nSPS) is 11.9. The van der Waals surface area contributed by atoms with Crippen LogP contribution in [0.5, 0.6) is 0 Å². The molecule has 1 atom stereocenters. The summed E-state index contributed by atoms with van der Waals surface area (Å²) in [7, 11) is 0. The molecular weight excluding hydrogens is 320 g/mol. The minimum Gasteiger partial charge on any atom is -0.394 e. The maximum atomic E-state index is 12.4. The summed E-state index contributed by atoms with van der Waals surface area (Å²) in [4.78, 5) is 16.6. The Balaban J connectivity index is 1.65. The van der Waals surface area contributed by atoms with Gasteiger partial charge >= 0.3 is 0 Å². The monoisotopic (exact) mass is 338 g/mol. The number of hydrogen-bond acceptors (Lipinski definition) is 4. The number of hydrogen-bond donors (Lipinski definition) is 2. The van der Waals surface area contributed by atoms with Crippen molar-refractivity contribution in [3.63, 3.8) is 0 Å². The molecule has 0 aliphatic heterocycles. The first-order valence-corrected chi connectivity index (χ1v) is 8.65. The number of carbonyl (C=O) groups excluding carboxylic acids is 1. The van der Waals surface area contributed by atoms with Crippen LogP contribution in [0.3, 0.4) is 0 Å². The highest BCUT2D eigenvalue weighted by atomic mass is 32.1. The Hall–Kier alpha value is -2.50. The summed E-state index contributed by atoms with van der Waals surface area (Å²) in [6.07, 6.45) is 0.597. The summed E-state index contributed by atoms with van der Waals surface area (Å²) < 4.78 is 0. The van der Waals surface area contributed by atoms with Gasteiger partial charge in [-0.1, -0.05) is 42.5 Å². The van der Waals surface area contributed by atoms with Gasteiger partial charge in [-0.3, -0.25) is 4.79 Å². The molecular formula is C19H18N2O2S. The van der Waals surface area contributed by atoms with Crippen LogP contribution in [-0.2, 0) is 6.42 Å². The number of aliphatic hydroxyl groups excluding tert-OH is 1. The summed E-state index contributed by atoms with van der Waals surface area (Å²) in [5, 5.41) is 14.4. The van der Waals surface area contributed by atoms with Crippen LogP contribution in [0.4, 0.5) is 0 Å². The highest BCUT2D eigenvalue weighted by molar-refractivity contribution is 7.07. The van der Waals surface area contributed by atoms with Gasteiger partial charge < -0.3 is 10.4 Å². The van der Waals surface area contributed by atoms with E-state index in [1.165, 1.54) is 11.3 Å². The fraction of sp³-hybridized carbons (Fsp3) is 0.158. The van der Waals surface area contributed by atoms with Crippen molar-refractivity contribution >= 4 is 17.2 Å². The molecule has 0 aliphatic rings. The molecule has 1 heterocycles. The van der Waals surface area contributed by atoms with Crippen LogP contribution < -0.4 is 5.32 Å². The van der Waals surface area contributed by atoms with E-state index in [1.54, 1.807) is 17.6 Å². The second kappa shape index (κ2) is 7.86. The Morgan fingerprint density at radius 1 is 1.12 bits per heavy atom. The number of nitrogens with one attached hydrogen (secondary N) is 1. The van der Waals surface area contributed by atoms with Crippen LogP contribution in [0.2, 0.25) is 0 Å². The van der Waals surface area contributed by atoms with Crippen LogP contribution in [-0.4, -0.2) is 28.6 Å². The van der Waals surface area contributed by atoms with Crippen molar-refractivity contribution < 1.29 is 9.90 Å². The van der Waals surface area contributed by atoms with Crippen molar-refractivity contribution in [3.05, 3.63) is 76.6 Å². The lowest BCUT2D eigenvalue weighted by Crippen LogP contribution is -2.39. The molecule has 3 aromatic rings. The Morgan fingerprint density at radius 3 is 2.50 bits per heavy atom. The van der Waals surface area contributed by atoms with Gasteiger partial charge in [-0.15, -0.1) is 11.3 Å². The number of rotatable bonds is 6. The van der Waals surface area contributed by atoms with E-state index in [9.17, 15) is 9.90 Å². The molecule has 2 N–H and O–H groups in total. The summed E-state index contributed by atoms with van der Waals surface area (Å²) >= 11 is 1.54. The number of nitrogens with zero attached hydrogens (tertiary/aromatic N) is 1. The van der Waals surface area contributed by atoms with Gasteiger partial charge in [0.15, 0.2) is 0 Å². The molecule has 4 nitrogen and oxygen atoms in total. The van der Waals surface area contributed by atoms with Crippen LogP contribution in [0.25, 0.3) is 11.3 Å². The lowest BCUT2D eigenvalue weighted by Gasteiger charge is -2.16. The van der Waals surface area contributed by atoms with Crippen molar-refractivity contribution in [1.29, 1.82) is 0 Å². The van der Waals surface area contributed by atoms with Crippen molar-refractivity contribution in [2.24, 2.45) is 0 Å². The first-order chi connectivity index (χ1) is 11.8. The summed E-state index contributed by atoms with van der Waals surface area (Å²) in [6, 6.07) is 16.8. The molecule has 0 saturated heterocycles. The third-order valence-electron chi connectivity index (χ3n) is 3.76. The maximum Gasteiger partial charge on any atom is 0.251 e. The molecule has 0 saturated carbocycles. The van der Waals surface area contributed by atoms with E-state index in [0.717, 1.165) is 16.8 Å². The van der Waals surface area contributed by atoms with Gasteiger partial charge in [0.1, 0.15) is 0 Å². The Morgan fingerprint density at radius 2 is 1.88 bits per heavy atom. The summed E-state index contributed by atoms with van der Waals surface area (Å²) in [5.41, 5.74) is 5.32. The van der Waals surface area contributed by atoms with E-state index < -0.39 is 0 Å². The zero-order valence-electron chi connectivity index (χ0n) is 13.1. The molecule has 0 radical (unpaired) electrons. The molecule has 0 fully saturated rings. The van der Waals surface area contributed by atoms with Crippen molar-refractivity contribution in [2.75, 3.05) is 6.61 Å². The molecule has 24 heavy (non-hydrogen) atoms. The second-order valence-corrected chi connectivity index (χ2v) is 6.21. The number of thiazole rings is 1. The fourth-order valence-electron chi connectivity index (χ4n) is 2.48. The highest BCUT2D eigenvalue weighted by Crippen LogP contribution is 2.19. The zero-order valence-corrected chi connectivity index (χ0v) is 13.9. The number of aromatic nitrogens is 1. The Kier molecular flexibility index (Phi) is 5.36. The molecule has 2 aromatic carbocycles. The predicted molar refractivity (Wildman–Crippen MR) is 96.0 cm³/mol. The van der Waals surface area contributed by atoms with Crippen LogP contribution in [0.1, 0.15) is 15.9 Å². The van der Waals surface area contributed by atoms with E-state index in [1.807, 2.05) is 47.8 Å². The molecule has 0 bridgehead atoms. The average molecular weight is 338 g/mol. The molecule has 5 heteroatoms. The minimum absolute atomic E-state index is 0.0997. The molecule has 122 valence electrons. The lowest BCUT2D eigenvalue weighted by molar-refractivity contribution is 0.0916. The molecule has 0 aliphatic carbocycles. The van der Waals surface area contributed by atoms with Crippen LogP contribution in [0, 0.1) is 0 Å². The van der Waals surface area contributed by atoms with Crippen molar-refractivity contribution in [2.45, 2.75) is 12.5 Å². The smallest absolute Gasteiger partial charge is 0.251 e. The third kappa shape index (κ3) is 4.07. The summed E-state index contributed by atoms with van der Waals surface area (Å²) in [5.74, 6) is -0.185. The minimum atomic E-state index is -0.307. The van der Waals surface area contributed by atoms with Crippen molar-refractivity contribution in [3.8, 4) is 11.3 Å². The standard InChI is InChI=1S/C19H18N2O2S/c22-11-17(10-14-4-2-1-3-5-14)21-19(23)16-8-6-15(7-9-16)18-12-24-13-20-18/h1-9,12-13,17,22H,10-11H2,(H,21,23)/t17-/m0/s1. The van der Waals surface area contributed by atoms with Crippen LogP contribution >= 0.6 is 11.3 Å². The zero-order chi connectivity index (χ0) is 16.8. The van der Waals surface area contributed by atoms with E-state index in [4.69, 9.17) is 0 Å². The second-order valence-electron chi connectivity index (χ2n) is 5.49. The average Bonchev–Trinajstić information content (AvgIpc) is 3.17. The largest absolute Gasteiger partial charge is 0.394 e. The van der Waals surface area contributed by atoms with Gasteiger partial charge in [-0.05, 0) is 24.1 Å². The van der Waals surface area contributed by atoms with E-state index in [-0.39, 0.29) is 18.6 Å². The molecule has 1 amide bonds. The lowest BCUT2D eigenvalue weighted by atomic mass is 10.1. The van der Waals surface area contributed by atoms with Gasteiger partial charge in [-0.2, -0.15) is 0 Å². The number of amides is 1. The van der Waals surface area contributed by atoms with Crippen LogP contribution in [0.15, 0.2) is 65.5 Å². The van der Waals surface area contributed by atoms with E-state index in [0.29, 0.717) is 12.0 Å². The first kappa shape index (κ1) is 16.4. The third-order valence-corrected chi connectivity index (χ3v) is 4.34. The maximum absolute atomic E-state index is 12.4. The number of aliphatic hydroxyl groups is 1. The van der Waals surface area contributed by atoms with Gasteiger partial charge in [0.05, 0.1) is 23.9 Å². The summed E-state index contributed by atoms with van der Waals surface area (Å²) in [6.45, 7) is -0.0997. The fourth-order valence-corrected chi connectivity index (χ4v) is 3.04. The molecule has 0 spiro atoms. The SMILES string of the molecule is O=C(N[C@H](CO)Cc1ccccc1)c1ccc(-c2cscn2)cc1. The van der Waals surface area contributed by atoms with E-state index in [2.05, 4.69) is 10.3 Å². The quantitative estimate of drug-likeness (QED) is 0.726. The number of carbonyl (C=O) groups is 1. The highest BCUT2D eigenvalue weighted by Gasteiger charge is 2.14. The molecule has 0 unspecified atom stereocenters. The Labute approximate surface area is 144 Å². The Bertz CT molecular complexity index is 771. The van der Waals surface area contributed by atoms with E-state index >= 15 is 0 Å². The number of benzene rings is 2. The molecule has 3 rings (SSSR count). The van der Waals surface area contributed by atoms with Gasteiger partial charge in [0.25, 0.3) is 5.91 Å². The first-order valence-electron chi connectivity index (χ1n) is 7.70.